The third-order valence-corrected chi connectivity index (χ3v) is 7.91. The first kappa shape index (κ1) is 21.7. The molecule has 0 amide bonds. The van der Waals surface area contributed by atoms with Gasteiger partial charge in [-0.3, -0.25) is 9.69 Å². The number of fused-ring (bicyclic) bond motifs is 4. The molecule has 2 fully saturated rings. The van der Waals surface area contributed by atoms with Gasteiger partial charge in [0.25, 0.3) is 0 Å². The summed E-state index contributed by atoms with van der Waals surface area (Å²) in [6.45, 7) is 4.89. The van der Waals surface area contributed by atoms with Crippen LogP contribution in [0.25, 0.3) is 22.1 Å². The van der Waals surface area contributed by atoms with Crippen molar-refractivity contribution in [1.82, 2.24) is 9.80 Å². The summed E-state index contributed by atoms with van der Waals surface area (Å²) in [5.74, 6) is 2.27. The summed E-state index contributed by atoms with van der Waals surface area (Å²) in [4.78, 5) is 18.5. The first-order chi connectivity index (χ1) is 16.7. The molecule has 1 aromatic heterocycles. The highest BCUT2D eigenvalue weighted by Crippen LogP contribution is 2.35. The summed E-state index contributed by atoms with van der Waals surface area (Å²) < 4.78 is 17.5. The Bertz CT molecular complexity index is 1230. The fourth-order valence-electron chi connectivity index (χ4n) is 6.16. The van der Waals surface area contributed by atoms with Gasteiger partial charge in [-0.25, -0.2) is 0 Å². The molecule has 6 rings (SSSR count). The van der Waals surface area contributed by atoms with Gasteiger partial charge in [0.2, 0.25) is 5.43 Å². The lowest BCUT2D eigenvalue weighted by Gasteiger charge is -2.46. The van der Waals surface area contributed by atoms with Crippen molar-refractivity contribution in [2.45, 2.75) is 44.7 Å². The minimum absolute atomic E-state index is 0.0172. The van der Waals surface area contributed by atoms with Crippen molar-refractivity contribution in [2.24, 2.45) is 5.92 Å². The number of nitrogens with zero attached hydrogens (tertiary/aromatic N) is 2. The third kappa shape index (κ3) is 3.89. The van der Waals surface area contributed by atoms with Gasteiger partial charge in [-0.15, -0.1) is 0 Å². The van der Waals surface area contributed by atoms with Crippen LogP contribution in [-0.4, -0.2) is 49.3 Å². The van der Waals surface area contributed by atoms with Crippen molar-refractivity contribution < 1.29 is 13.9 Å². The normalized spacial score (nSPS) is 23.2. The Morgan fingerprint density at radius 2 is 1.88 bits per heavy atom. The summed E-state index contributed by atoms with van der Waals surface area (Å²) >= 11 is 0. The van der Waals surface area contributed by atoms with E-state index < -0.39 is 0 Å². The highest BCUT2D eigenvalue weighted by Gasteiger charge is 2.35. The van der Waals surface area contributed by atoms with E-state index in [1.54, 1.807) is 13.4 Å². The van der Waals surface area contributed by atoms with Crippen LogP contribution in [0.15, 0.2) is 51.9 Å². The Hall–Kier alpha value is -2.83. The second kappa shape index (κ2) is 9.08. The molecule has 3 aliphatic heterocycles. The Morgan fingerprint density at radius 1 is 1.03 bits per heavy atom. The van der Waals surface area contributed by atoms with Crippen molar-refractivity contribution in [3.63, 3.8) is 0 Å². The number of hydrogen-bond acceptors (Lipinski definition) is 6. The number of methoxy groups -OCH3 is 1. The van der Waals surface area contributed by atoms with Gasteiger partial charge in [-0.05, 0) is 74.5 Å². The van der Waals surface area contributed by atoms with E-state index in [9.17, 15) is 4.79 Å². The van der Waals surface area contributed by atoms with E-state index in [0.717, 1.165) is 35.7 Å². The van der Waals surface area contributed by atoms with Crippen LogP contribution in [0.1, 0.15) is 37.7 Å². The summed E-state index contributed by atoms with van der Waals surface area (Å²) in [5.41, 5.74) is 2.99. The number of benzene rings is 2. The van der Waals surface area contributed by atoms with Crippen LogP contribution in [0.4, 0.5) is 0 Å². The van der Waals surface area contributed by atoms with Gasteiger partial charge < -0.3 is 18.8 Å². The maximum absolute atomic E-state index is 13.4. The molecule has 4 heterocycles. The lowest BCUT2D eigenvalue weighted by atomic mass is 9.83. The minimum atomic E-state index is -0.0172. The van der Waals surface area contributed by atoms with Crippen LogP contribution in [0.5, 0.6) is 11.5 Å². The quantitative estimate of drug-likeness (QED) is 0.553. The summed E-state index contributed by atoms with van der Waals surface area (Å²) in [6.07, 6.45) is 8.18. The Kier molecular flexibility index (Phi) is 5.79. The van der Waals surface area contributed by atoms with Crippen molar-refractivity contribution in [3.05, 3.63) is 58.4 Å². The summed E-state index contributed by atoms with van der Waals surface area (Å²) in [7, 11) is 1.63. The average Bonchev–Trinajstić information content (AvgIpc) is 2.89. The molecular weight excluding hydrogens is 428 g/mol. The zero-order valence-electron chi connectivity index (χ0n) is 19.8. The van der Waals surface area contributed by atoms with Gasteiger partial charge in [-0.1, -0.05) is 18.6 Å². The van der Waals surface area contributed by atoms with Crippen molar-refractivity contribution in [3.8, 4) is 22.6 Å². The fourth-order valence-corrected chi connectivity index (χ4v) is 6.16. The summed E-state index contributed by atoms with van der Waals surface area (Å²) in [6, 6.07) is 12.0. The van der Waals surface area contributed by atoms with Crippen molar-refractivity contribution >= 4 is 11.0 Å². The third-order valence-electron chi connectivity index (χ3n) is 7.91. The van der Waals surface area contributed by atoms with Crippen LogP contribution in [0.3, 0.4) is 0 Å². The zero-order chi connectivity index (χ0) is 23.1. The molecule has 0 radical (unpaired) electrons. The molecule has 0 spiro atoms. The largest absolute Gasteiger partial charge is 0.497 e. The minimum Gasteiger partial charge on any atom is -0.497 e. The maximum atomic E-state index is 13.4. The van der Waals surface area contributed by atoms with Gasteiger partial charge in [0.05, 0.1) is 23.6 Å². The van der Waals surface area contributed by atoms with E-state index in [2.05, 4.69) is 9.80 Å². The predicted octanol–water partition coefficient (Wildman–Crippen LogP) is 4.89. The van der Waals surface area contributed by atoms with E-state index >= 15 is 0 Å². The molecule has 34 heavy (non-hydrogen) atoms. The molecule has 6 heteroatoms. The lowest BCUT2D eigenvalue weighted by molar-refractivity contribution is 0.0146. The topological polar surface area (TPSA) is 55.2 Å². The van der Waals surface area contributed by atoms with Crippen LogP contribution in [0.2, 0.25) is 0 Å². The first-order valence-electron chi connectivity index (χ1n) is 12.5. The molecule has 3 aromatic rings. The number of ether oxygens (including phenoxy) is 2. The molecule has 0 bridgehead atoms. The van der Waals surface area contributed by atoms with E-state index in [1.807, 2.05) is 36.4 Å². The first-order valence-corrected chi connectivity index (χ1v) is 12.5. The number of piperidine rings is 2. The van der Waals surface area contributed by atoms with E-state index in [-0.39, 0.29) is 5.43 Å². The highest BCUT2D eigenvalue weighted by atomic mass is 16.5. The second-order valence-electron chi connectivity index (χ2n) is 9.91. The standard InChI is InChI=1S/C28H32N2O4/c1-32-21-9-7-19(8-10-21)24-17-33-28-22(27(24)31)11-12-26-23(28)16-29(18-34-26)15-20-5-4-14-30-13-3-2-6-25(20)30/h7-12,17,20,25H,2-6,13-16,18H2,1H3. The maximum Gasteiger partial charge on any atom is 0.200 e. The molecule has 6 nitrogen and oxygen atoms in total. The lowest BCUT2D eigenvalue weighted by Crippen LogP contribution is -2.51. The van der Waals surface area contributed by atoms with Crippen LogP contribution in [-0.2, 0) is 6.54 Å². The molecular formula is C28H32N2O4. The monoisotopic (exact) mass is 460 g/mol. The molecule has 2 atom stereocenters. The highest BCUT2D eigenvalue weighted by molar-refractivity contribution is 5.85. The zero-order valence-corrected chi connectivity index (χ0v) is 19.8. The van der Waals surface area contributed by atoms with Gasteiger partial charge >= 0.3 is 0 Å². The Morgan fingerprint density at radius 3 is 2.74 bits per heavy atom. The molecule has 2 unspecified atom stereocenters. The number of rotatable bonds is 4. The summed E-state index contributed by atoms with van der Waals surface area (Å²) in [5, 5.41) is 0.605. The van der Waals surface area contributed by atoms with Gasteiger partial charge in [0.1, 0.15) is 30.1 Å². The van der Waals surface area contributed by atoms with Crippen molar-refractivity contribution in [2.75, 3.05) is 33.5 Å². The molecule has 178 valence electrons. The average molecular weight is 461 g/mol. The molecule has 0 saturated carbocycles. The van der Waals surface area contributed by atoms with E-state index in [0.29, 0.717) is 35.2 Å². The smallest absolute Gasteiger partial charge is 0.200 e. The Labute approximate surface area is 200 Å². The molecule has 2 aromatic carbocycles. The van der Waals surface area contributed by atoms with Crippen LogP contribution < -0.4 is 14.9 Å². The molecule has 0 aliphatic carbocycles. The SMILES string of the molecule is COc1ccc(-c2coc3c4c(ccc3c2=O)OCN(CC2CCCN3CCCCC23)C4)cc1. The second-order valence-corrected chi connectivity index (χ2v) is 9.91. The van der Waals surface area contributed by atoms with Crippen molar-refractivity contribution in [1.29, 1.82) is 0 Å². The predicted molar refractivity (Wildman–Crippen MR) is 132 cm³/mol. The van der Waals surface area contributed by atoms with Gasteiger partial charge in [-0.2, -0.15) is 0 Å². The van der Waals surface area contributed by atoms with E-state index in [1.165, 1.54) is 45.2 Å². The Balaban J connectivity index is 1.27. The fraction of sp³-hybridized carbons (Fsp3) is 0.464. The van der Waals surface area contributed by atoms with Gasteiger partial charge in [0, 0.05) is 19.1 Å². The van der Waals surface area contributed by atoms with Gasteiger partial charge in [0.15, 0.2) is 0 Å². The van der Waals surface area contributed by atoms with Crippen LogP contribution >= 0.6 is 0 Å². The van der Waals surface area contributed by atoms with Crippen LogP contribution in [0, 0.1) is 5.92 Å². The number of hydrogen-bond donors (Lipinski definition) is 0. The van der Waals surface area contributed by atoms with E-state index in [4.69, 9.17) is 13.9 Å². The molecule has 0 N–H and O–H groups in total. The molecule has 2 saturated heterocycles. The molecule has 3 aliphatic rings.